The third-order valence-corrected chi connectivity index (χ3v) is 3.96. The summed E-state index contributed by atoms with van der Waals surface area (Å²) in [7, 11) is 0. The molecule has 0 aliphatic carbocycles. The fourth-order valence-electron chi connectivity index (χ4n) is 2.47. The lowest BCUT2D eigenvalue weighted by Gasteiger charge is -2.24. The van der Waals surface area contributed by atoms with E-state index < -0.39 is 5.54 Å². The molecule has 0 spiro atoms. The number of nitrogens with one attached hydrogen (secondary N) is 1. The SMILES string of the molecule is Cc1cc(C(=O)NC(C)(C)CN)c(C)n1Cc1ccccc1. The van der Waals surface area contributed by atoms with Gasteiger partial charge in [0.1, 0.15) is 0 Å². The van der Waals surface area contributed by atoms with E-state index in [0.29, 0.717) is 6.54 Å². The maximum atomic E-state index is 12.5. The summed E-state index contributed by atoms with van der Waals surface area (Å²) in [6, 6.07) is 12.2. The van der Waals surface area contributed by atoms with Gasteiger partial charge in [0.15, 0.2) is 0 Å². The van der Waals surface area contributed by atoms with Gasteiger partial charge in [0.05, 0.1) is 5.56 Å². The quantitative estimate of drug-likeness (QED) is 0.891. The van der Waals surface area contributed by atoms with Crippen LogP contribution in [0.5, 0.6) is 0 Å². The molecule has 0 aliphatic heterocycles. The van der Waals surface area contributed by atoms with Crippen molar-refractivity contribution >= 4 is 5.91 Å². The van der Waals surface area contributed by atoms with Crippen molar-refractivity contribution < 1.29 is 4.79 Å². The number of nitrogens with zero attached hydrogens (tertiary/aromatic N) is 1. The van der Waals surface area contributed by atoms with Gasteiger partial charge in [-0.2, -0.15) is 0 Å². The van der Waals surface area contributed by atoms with E-state index in [9.17, 15) is 4.79 Å². The number of aryl methyl sites for hydroxylation is 1. The second-order valence-corrected chi connectivity index (χ2v) is 6.40. The van der Waals surface area contributed by atoms with E-state index >= 15 is 0 Å². The summed E-state index contributed by atoms with van der Waals surface area (Å²) in [5, 5.41) is 2.99. The maximum Gasteiger partial charge on any atom is 0.253 e. The molecule has 4 heteroatoms. The van der Waals surface area contributed by atoms with Crippen molar-refractivity contribution in [3.63, 3.8) is 0 Å². The van der Waals surface area contributed by atoms with Crippen LogP contribution in [-0.2, 0) is 6.54 Å². The van der Waals surface area contributed by atoms with Crippen LogP contribution in [-0.4, -0.2) is 22.6 Å². The second kappa shape index (κ2) is 6.36. The average molecular weight is 299 g/mol. The molecule has 1 aromatic carbocycles. The molecule has 0 unspecified atom stereocenters. The zero-order valence-electron chi connectivity index (χ0n) is 13.8. The highest BCUT2D eigenvalue weighted by molar-refractivity contribution is 5.96. The molecule has 4 nitrogen and oxygen atoms in total. The molecule has 2 rings (SSSR count). The van der Waals surface area contributed by atoms with Gasteiger partial charge in [-0.25, -0.2) is 0 Å². The zero-order chi connectivity index (χ0) is 16.3. The van der Waals surface area contributed by atoms with E-state index in [0.717, 1.165) is 23.5 Å². The first kappa shape index (κ1) is 16.3. The number of carbonyl (C=O) groups is 1. The molecule has 0 atom stereocenters. The largest absolute Gasteiger partial charge is 0.346 e. The number of rotatable bonds is 5. The summed E-state index contributed by atoms with van der Waals surface area (Å²) >= 11 is 0. The highest BCUT2D eigenvalue weighted by Crippen LogP contribution is 2.18. The predicted octanol–water partition coefficient (Wildman–Crippen LogP) is 2.62. The lowest BCUT2D eigenvalue weighted by atomic mass is 10.1. The minimum Gasteiger partial charge on any atom is -0.346 e. The molecule has 0 bridgehead atoms. The maximum absolute atomic E-state index is 12.5. The Kier molecular flexibility index (Phi) is 4.71. The fraction of sp³-hybridized carbons (Fsp3) is 0.389. The van der Waals surface area contributed by atoms with Gasteiger partial charge in [0.25, 0.3) is 5.91 Å². The molecule has 3 N–H and O–H groups in total. The van der Waals surface area contributed by atoms with Crippen molar-refractivity contribution in [2.75, 3.05) is 6.54 Å². The number of aromatic nitrogens is 1. The molecular weight excluding hydrogens is 274 g/mol. The van der Waals surface area contributed by atoms with Crippen LogP contribution < -0.4 is 11.1 Å². The normalized spacial score (nSPS) is 11.5. The molecule has 1 amide bonds. The first-order chi connectivity index (χ1) is 10.3. The number of nitrogens with two attached hydrogens (primary N) is 1. The van der Waals surface area contributed by atoms with Crippen LogP contribution in [0.15, 0.2) is 36.4 Å². The zero-order valence-corrected chi connectivity index (χ0v) is 13.8. The highest BCUT2D eigenvalue weighted by atomic mass is 16.1. The van der Waals surface area contributed by atoms with Crippen LogP contribution in [0.1, 0.15) is 41.2 Å². The third kappa shape index (κ3) is 3.57. The number of hydrogen-bond acceptors (Lipinski definition) is 2. The number of carbonyl (C=O) groups excluding carboxylic acids is 1. The molecule has 118 valence electrons. The van der Waals surface area contributed by atoms with Crippen LogP contribution in [0, 0.1) is 13.8 Å². The number of hydrogen-bond donors (Lipinski definition) is 2. The van der Waals surface area contributed by atoms with Gasteiger partial charge in [-0.1, -0.05) is 30.3 Å². The summed E-state index contributed by atoms with van der Waals surface area (Å²) in [5.41, 5.74) is 9.28. The summed E-state index contributed by atoms with van der Waals surface area (Å²) in [5.74, 6) is -0.0668. The van der Waals surface area contributed by atoms with Crippen LogP contribution in [0.2, 0.25) is 0 Å². The Labute approximate surface area is 132 Å². The van der Waals surface area contributed by atoms with Crippen molar-refractivity contribution in [3.05, 3.63) is 58.9 Å². The van der Waals surface area contributed by atoms with Crippen LogP contribution in [0.25, 0.3) is 0 Å². The van der Waals surface area contributed by atoms with Gasteiger partial charge in [-0.15, -0.1) is 0 Å². The summed E-state index contributed by atoms with van der Waals surface area (Å²) in [6.07, 6.45) is 0. The number of benzene rings is 1. The molecule has 0 saturated carbocycles. The molecule has 0 aliphatic rings. The molecule has 0 radical (unpaired) electrons. The molecule has 0 saturated heterocycles. The summed E-state index contributed by atoms with van der Waals surface area (Å²) in [4.78, 5) is 12.5. The Morgan fingerprint density at radius 2 is 1.86 bits per heavy atom. The molecule has 22 heavy (non-hydrogen) atoms. The van der Waals surface area contributed by atoms with Crippen LogP contribution in [0.3, 0.4) is 0 Å². The van der Waals surface area contributed by atoms with E-state index in [1.165, 1.54) is 5.56 Å². The van der Waals surface area contributed by atoms with Crippen LogP contribution in [0.4, 0.5) is 0 Å². The lowest BCUT2D eigenvalue weighted by Crippen LogP contribution is -2.48. The molecule has 1 aromatic heterocycles. The first-order valence-electron chi connectivity index (χ1n) is 7.57. The topological polar surface area (TPSA) is 60.1 Å². The number of amides is 1. The minimum absolute atomic E-state index is 0.0668. The average Bonchev–Trinajstić information content (AvgIpc) is 2.76. The van der Waals surface area contributed by atoms with Crippen LogP contribution >= 0.6 is 0 Å². The Morgan fingerprint density at radius 1 is 1.23 bits per heavy atom. The van der Waals surface area contributed by atoms with Gasteiger partial charge >= 0.3 is 0 Å². The van der Waals surface area contributed by atoms with E-state index in [1.807, 2.05) is 52.0 Å². The van der Waals surface area contributed by atoms with Gasteiger partial charge in [-0.3, -0.25) is 4.79 Å². The van der Waals surface area contributed by atoms with Gasteiger partial charge < -0.3 is 15.6 Å². The highest BCUT2D eigenvalue weighted by Gasteiger charge is 2.22. The van der Waals surface area contributed by atoms with E-state index in [-0.39, 0.29) is 5.91 Å². The van der Waals surface area contributed by atoms with Gasteiger partial charge in [0.2, 0.25) is 0 Å². The summed E-state index contributed by atoms with van der Waals surface area (Å²) < 4.78 is 2.17. The van der Waals surface area contributed by atoms with E-state index in [4.69, 9.17) is 5.73 Å². The first-order valence-corrected chi connectivity index (χ1v) is 7.57. The third-order valence-electron chi connectivity index (χ3n) is 3.96. The standard InChI is InChI=1S/C18H25N3O/c1-13-10-16(17(22)20-18(3,4)12-19)14(2)21(13)11-15-8-6-5-7-9-15/h5-10H,11-12,19H2,1-4H3,(H,20,22). The van der Waals surface area contributed by atoms with Gasteiger partial charge in [0, 0.05) is 30.0 Å². The molecule has 2 aromatic rings. The Bertz CT molecular complexity index is 656. The minimum atomic E-state index is -0.404. The Morgan fingerprint density at radius 3 is 2.45 bits per heavy atom. The van der Waals surface area contributed by atoms with Gasteiger partial charge in [-0.05, 0) is 39.3 Å². The summed E-state index contributed by atoms with van der Waals surface area (Å²) in [6.45, 7) is 9.04. The predicted molar refractivity (Wildman–Crippen MR) is 90.0 cm³/mol. The smallest absolute Gasteiger partial charge is 0.253 e. The van der Waals surface area contributed by atoms with Crippen molar-refractivity contribution in [2.45, 2.75) is 39.8 Å². The lowest BCUT2D eigenvalue weighted by molar-refractivity contribution is 0.0915. The molecule has 0 fully saturated rings. The van der Waals surface area contributed by atoms with E-state index in [1.54, 1.807) is 0 Å². The second-order valence-electron chi connectivity index (χ2n) is 6.40. The Balaban J connectivity index is 2.25. The van der Waals surface area contributed by atoms with Crippen molar-refractivity contribution in [1.82, 2.24) is 9.88 Å². The van der Waals surface area contributed by atoms with E-state index in [2.05, 4.69) is 22.0 Å². The molecular formula is C18H25N3O. The Hall–Kier alpha value is -2.07. The van der Waals surface area contributed by atoms with Crippen molar-refractivity contribution in [2.24, 2.45) is 5.73 Å². The molecule has 1 heterocycles. The van der Waals surface area contributed by atoms with Crippen molar-refractivity contribution in [1.29, 1.82) is 0 Å². The van der Waals surface area contributed by atoms with Crippen molar-refractivity contribution in [3.8, 4) is 0 Å². The monoisotopic (exact) mass is 299 g/mol. The fourth-order valence-corrected chi connectivity index (χ4v) is 2.47.